The van der Waals surface area contributed by atoms with Crippen molar-refractivity contribution >= 4 is 28.4 Å². The lowest BCUT2D eigenvalue weighted by atomic mass is 10.2. The van der Waals surface area contributed by atoms with Crippen LogP contribution in [0.1, 0.15) is 17.3 Å². The van der Waals surface area contributed by atoms with Crippen LogP contribution in [0.3, 0.4) is 0 Å². The number of nitrogens with one attached hydrogen (secondary N) is 2. The minimum Gasteiger partial charge on any atom is -0.481 e. The van der Waals surface area contributed by atoms with Crippen LogP contribution in [0.2, 0.25) is 0 Å². The molecule has 132 valence electrons. The molecule has 6 nitrogen and oxygen atoms in total. The monoisotopic (exact) mass is 349 g/mol. The van der Waals surface area contributed by atoms with Gasteiger partial charge in [0.15, 0.2) is 6.61 Å². The fourth-order valence-corrected chi connectivity index (χ4v) is 2.53. The molecule has 26 heavy (non-hydrogen) atoms. The van der Waals surface area contributed by atoms with Crippen LogP contribution < -0.4 is 15.4 Å². The molecule has 3 aromatic rings. The summed E-state index contributed by atoms with van der Waals surface area (Å²) < 4.78 is 5.62. The molecule has 0 aliphatic rings. The maximum absolute atomic E-state index is 12.2. The first-order valence-corrected chi connectivity index (χ1v) is 8.32. The molecular formula is C20H19N3O3. The zero-order valence-corrected chi connectivity index (χ0v) is 14.4. The molecule has 1 heterocycles. The second-order valence-electron chi connectivity index (χ2n) is 5.61. The van der Waals surface area contributed by atoms with Crippen LogP contribution in [0, 0.1) is 0 Å². The van der Waals surface area contributed by atoms with Crippen molar-refractivity contribution < 1.29 is 14.3 Å². The summed E-state index contributed by atoms with van der Waals surface area (Å²) in [5.41, 5.74) is 1.74. The van der Waals surface area contributed by atoms with Gasteiger partial charge in [0, 0.05) is 29.4 Å². The first-order valence-electron chi connectivity index (χ1n) is 8.32. The molecule has 0 fully saturated rings. The summed E-state index contributed by atoms with van der Waals surface area (Å²) in [6.45, 7) is 2.24. The minimum atomic E-state index is -0.314. The number of hydrogen-bond acceptors (Lipinski definition) is 4. The number of fused-ring (bicyclic) bond motifs is 1. The molecule has 0 radical (unpaired) electrons. The van der Waals surface area contributed by atoms with Gasteiger partial charge in [-0.3, -0.25) is 14.6 Å². The molecule has 0 saturated carbocycles. The van der Waals surface area contributed by atoms with Crippen molar-refractivity contribution in [3.05, 3.63) is 66.4 Å². The number of carbonyl (C=O) groups is 2. The van der Waals surface area contributed by atoms with Gasteiger partial charge in [-0.25, -0.2) is 0 Å². The molecule has 2 aromatic carbocycles. The predicted molar refractivity (Wildman–Crippen MR) is 100 cm³/mol. The number of amides is 2. The number of nitrogens with zero attached hydrogens (tertiary/aromatic N) is 1. The average molecular weight is 349 g/mol. The first-order chi connectivity index (χ1) is 12.7. The predicted octanol–water partition coefficient (Wildman–Crippen LogP) is 3.00. The van der Waals surface area contributed by atoms with Crippen LogP contribution in [0.15, 0.2) is 60.8 Å². The van der Waals surface area contributed by atoms with E-state index in [1.807, 2.05) is 31.2 Å². The van der Waals surface area contributed by atoms with Crippen LogP contribution in [0.25, 0.3) is 10.9 Å². The van der Waals surface area contributed by atoms with E-state index in [0.717, 1.165) is 5.39 Å². The molecule has 0 aliphatic heterocycles. The normalized spacial score (nSPS) is 10.3. The van der Waals surface area contributed by atoms with E-state index in [9.17, 15) is 9.59 Å². The van der Waals surface area contributed by atoms with Gasteiger partial charge in [-0.15, -0.1) is 0 Å². The second kappa shape index (κ2) is 8.11. The number of para-hydroxylation sites is 1. The smallest absolute Gasteiger partial charge is 0.262 e. The Labute approximate surface area is 151 Å². The Bertz CT molecular complexity index is 935. The van der Waals surface area contributed by atoms with E-state index in [4.69, 9.17) is 4.74 Å². The fraction of sp³-hybridized carbons (Fsp3) is 0.150. The number of ether oxygens (including phenoxy) is 1. The van der Waals surface area contributed by atoms with Crippen molar-refractivity contribution in [3.8, 4) is 5.75 Å². The van der Waals surface area contributed by atoms with E-state index >= 15 is 0 Å². The van der Waals surface area contributed by atoms with E-state index in [1.54, 1.807) is 36.5 Å². The largest absolute Gasteiger partial charge is 0.481 e. The van der Waals surface area contributed by atoms with Gasteiger partial charge in [0.05, 0.1) is 0 Å². The number of benzene rings is 2. The summed E-state index contributed by atoms with van der Waals surface area (Å²) in [4.78, 5) is 28.3. The maximum Gasteiger partial charge on any atom is 0.262 e. The maximum atomic E-state index is 12.2. The number of rotatable bonds is 6. The van der Waals surface area contributed by atoms with Crippen molar-refractivity contribution in [1.82, 2.24) is 10.3 Å². The summed E-state index contributed by atoms with van der Waals surface area (Å²) in [5.74, 6) is 0.0574. The Morgan fingerprint density at radius 3 is 2.73 bits per heavy atom. The van der Waals surface area contributed by atoms with Crippen molar-refractivity contribution in [2.75, 3.05) is 18.5 Å². The van der Waals surface area contributed by atoms with Crippen LogP contribution in [0.5, 0.6) is 5.75 Å². The lowest BCUT2D eigenvalue weighted by molar-refractivity contribution is -0.118. The summed E-state index contributed by atoms with van der Waals surface area (Å²) >= 11 is 0. The number of carbonyl (C=O) groups excluding carboxylic acids is 2. The van der Waals surface area contributed by atoms with Gasteiger partial charge in [0.1, 0.15) is 11.3 Å². The lowest BCUT2D eigenvalue weighted by Crippen LogP contribution is -2.23. The standard InChI is InChI=1S/C20H19N3O3/c1-2-21-20(25)15-7-3-9-16(12-15)23-18(24)13-26-17-10-4-6-14-8-5-11-22-19(14)17/h3-12H,2,13H2,1H3,(H,21,25)(H,23,24). The van der Waals surface area contributed by atoms with E-state index < -0.39 is 0 Å². The van der Waals surface area contributed by atoms with Crippen LogP contribution >= 0.6 is 0 Å². The van der Waals surface area contributed by atoms with Crippen LogP contribution in [-0.4, -0.2) is 29.9 Å². The Morgan fingerprint density at radius 2 is 1.88 bits per heavy atom. The molecule has 0 bridgehead atoms. The molecule has 1 aromatic heterocycles. The number of aromatic nitrogens is 1. The van der Waals surface area contributed by atoms with Crippen LogP contribution in [-0.2, 0) is 4.79 Å². The quantitative estimate of drug-likeness (QED) is 0.717. The zero-order chi connectivity index (χ0) is 18.4. The summed E-state index contributed by atoms with van der Waals surface area (Å²) in [7, 11) is 0. The SMILES string of the molecule is CCNC(=O)c1cccc(NC(=O)COc2cccc3cccnc23)c1. The topological polar surface area (TPSA) is 80.3 Å². The molecule has 2 N–H and O–H groups in total. The molecular weight excluding hydrogens is 330 g/mol. The molecule has 3 rings (SSSR count). The molecule has 0 atom stereocenters. The number of pyridine rings is 1. The van der Waals surface area contributed by atoms with Gasteiger partial charge >= 0.3 is 0 Å². The van der Waals surface area contributed by atoms with Gasteiger partial charge in [-0.2, -0.15) is 0 Å². The van der Waals surface area contributed by atoms with Crippen molar-refractivity contribution in [2.45, 2.75) is 6.92 Å². The first kappa shape index (κ1) is 17.4. The highest BCUT2D eigenvalue weighted by Crippen LogP contribution is 2.22. The van der Waals surface area contributed by atoms with Gasteiger partial charge in [0.25, 0.3) is 11.8 Å². The summed E-state index contributed by atoms with van der Waals surface area (Å²) in [6.07, 6.45) is 1.68. The molecule has 0 aliphatic carbocycles. The highest BCUT2D eigenvalue weighted by molar-refractivity contribution is 5.97. The third-order valence-corrected chi connectivity index (χ3v) is 3.70. The molecule has 0 saturated heterocycles. The molecule has 2 amide bonds. The number of anilines is 1. The second-order valence-corrected chi connectivity index (χ2v) is 5.61. The summed E-state index contributed by atoms with van der Waals surface area (Å²) in [6, 6.07) is 16.1. The Morgan fingerprint density at radius 1 is 1.08 bits per heavy atom. The fourth-order valence-electron chi connectivity index (χ4n) is 2.53. The van der Waals surface area contributed by atoms with Gasteiger partial charge < -0.3 is 15.4 Å². The summed E-state index contributed by atoms with van der Waals surface area (Å²) in [5, 5.41) is 6.40. The third-order valence-electron chi connectivity index (χ3n) is 3.70. The highest BCUT2D eigenvalue weighted by Gasteiger charge is 2.09. The Hall–Kier alpha value is -3.41. The average Bonchev–Trinajstić information content (AvgIpc) is 2.67. The molecule has 6 heteroatoms. The number of hydrogen-bond donors (Lipinski definition) is 2. The Kier molecular flexibility index (Phi) is 5.43. The van der Waals surface area contributed by atoms with Gasteiger partial charge in [-0.1, -0.05) is 24.3 Å². The zero-order valence-electron chi connectivity index (χ0n) is 14.4. The van der Waals surface area contributed by atoms with Crippen molar-refractivity contribution in [3.63, 3.8) is 0 Å². The van der Waals surface area contributed by atoms with Crippen molar-refractivity contribution in [1.29, 1.82) is 0 Å². The van der Waals surface area contributed by atoms with Crippen molar-refractivity contribution in [2.24, 2.45) is 0 Å². The molecule has 0 spiro atoms. The van der Waals surface area contributed by atoms with Crippen LogP contribution in [0.4, 0.5) is 5.69 Å². The highest BCUT2D eigenvalue weighted by atomic mass is 16.5. The van der Waals surface area contributed by atoms with E-state index in [0.29, 0.717) is 29.1 Å². The lowest BCUT2D eigenvalue weighted by Gasteiger charge is -2.10. The molecule has 0 unspecified atom stereocenters. The minimum absolute atomic E-state index is 0.152. The van der Waals surface area contributed by atoms with Gasteiger partial charge in [0.2, 0.25) is 0 Å². The van der Waals surface area contributed by atoms with Gasteiger partial charge in [-0.05, 0) is 37.3 Å². The third kappa shape index (κ3) is 4.16. The van der Waals surface area contributed by atoms with E-state index in [-0.39, 0.29) is 18.4 Å². The van der Waals surface area contributed by atoms with E-state index in [1.165, 1.54) is 0 Å². The Balaban J connectivity index is 1.64. The van der Waals surface area contributed by atoms with E-state index in [2.05, 4.69) is 15.6 Å².